The second kappa shape index (κ2) is 6.23. The number of aromatic nitrogens is 2. The number of rotatable bonds is 4. The van der Waals surface area contributed by atoms with Crippen LogP contribution >= 0.6 is 15.9 Å². The molecule has 0 fully saturated rings. The Hall–Kier alpha value is -2.28. The van der Waals surface area contributed by atoms with Gasteiger partial charge >= 0.3 is 6.61 Å². The highest BCUT2D eigenvalue weighted by atomic mass is 79.9. The molecule has 3 rings (SSSR count). The van der Waals surface area contributed by atoms with Crippen molar-refractivity contribution in [3.05, 3.63) is 53.0 Å². The van der Waals surface area contributed by atoms with Crippen LogP contribution in [0.5, 0.6) is 5.75 Å². The molecule has 22 heavy (non-hydrogen) atoms. The average molecular weight is 367 g/mol. The lowest BCUT2D eigenvalue weighted by Gasteiger charge is -2.08. The van der Waals surface area contributed by atoms with Crippen LogP contribution < -0.4 is 4.74 Å². The first-order valence-corrected chi connectivity index (χ1v) is 7.06. The lowest BCUT2D eigenvalue weighted by Crippen LogP contribution is -2.03. The molecule has 0 unspecified atom stereocenters. The molecule has 0 amide bonds. The highest BCUT2D eigenvalue weighted by Gasteiger charge is 2.17. The molecule has 0 atom stereocenters. The van der Waals surface area contributed by atoms with Gasteiger partial charge in [0, 0.05) is 10.0 Å². The van der Waals surface area contributed by atoms with Crippen LogP contribution in [-0.2, 0) is 0 Å². The Labute approximate surface area is 132 Å². The fourth-order valence-electron chi connectivity index (χ4n) is 1.90. The number of benzene rings is 2. The van der Waals surface area contributed by atoms with E-state index in [-0.39, 0.29) is 11.6 Å². The Kier molecular flexibility index (Phi) is 4.15. The highest BCUT2D eigenvalue weighted by molar-refractivity contribution is 9.10. The molecular formula is C15H9BrF2N2O2. The van der Waals surface area contributed by atoms with E-state index in [4.69, 9.17) is 4.42 Å². The molecule has 0 bridgehead atoms. The van der Waals surface area contributed by atoms with Gasteiger partial charge in [-0.25, -0.2) is 0 Å². The predicted octanol–water partition coefficient (Wildman–Crippen LogP) is 4.77. The maximum Gasteiger partial charge on any atom is 0.387 e. The van der Waals surface area contributed by atoms with Crippen molar-refractivity contribution < 1.29 is 17.9 Å². The van der Waals surface area contributed by atoms with E-state index < -0.39 is 6.61 Å². The molecule has 0 aliphatic carbocycles. The summed E-state index contributed by atoms with van der Waals surface area (Å²) in [7, 11) is 0. The Morgan fingerprint density at radius 3 is 2.45 bits per heavy atom. The molecule has 0 N–H and O–H groups in total. The normalized spacial score (nSPS) is 10.9. The van der Waals surface area contributed by atoms with Crippen molar-refractivity contribution in [1.82, 2.24) is 10.2 Å². The Balaban J connectivity index is 2.01. The quantitative estimate of drug-likeness (QED) is 0.667. The fraction of sp³-hybridized carbons (Fsp3) is 0.0667. The summed E-state index contributed by atoms with van der Waals surface area (Å²) in [6.07, 6.45) is 0. The largest absolute Gasteiger partial charge is 0.434 e. The molecule has 0 spiro atoms. The minimum absolute atomic E-state index is 0.0264. The van der Waals surface area contributed by atoms with Crippen LogP contribution in [0, 0.1) is 0 Å². The van der Waals surface area contributed by atoms with Gasteiger partial charge in [-0.3, -0.25) is 0 Å². The third kappa shape index (κ3) is 3.14. The SMILES string of the molecule is FC(F)Oc1ccc(Br)cc1-c1nnc(-c2ccccc2)o1. The van der Waals surface area contributed by atoms with Crippen molar-refractivity contribution >= 4 is 15.9 Å². The van der Waals surface area contributed by atoms with E-state index in [0.29, 0.717) is 15.9 Å². The number of alkyl halides is 2. The highest BCUT2D eigenvalue weighted by Crippen LogP contribution is 2.34. The Morgan fingerprint density at radius 1 is 1.00 bits per heavy atom. The molecule has 0 aliphatic rings. The molecule has 0 saturated carbocycles. The number of hydrogen-bond acceptors (Lipinski definition) is 4. The summed E-state index contributed by atoms with van der Waals surface area (Å²) < 4.78 is 35.7. The summed E-state index contributed by atoms with van der Waals surface area (Å²) >= 11 is 3.28. The van der Waals surface area contributed by atoms with Crippen molar-refractivity contribution in [2.45, 2.75) is 6.61 Å². The molecule has 1 aromatic heterocycles. The Morgan fingerprint density at radius 2 is 1.73 bits per heavy atom. The summed E-state index contributed by atoms with van der Waals surface area (Å²) in [4.78, 5) is 0. The van der Waals surface area contributed by atoms with Crippen molar-refractivity contribution in [3.8, 4) is 28.7 Å². The van der Waals surface area contributed by atoms with E-state index in [0.717, 1.165) is 5.56 Å². The van der Waals surface area contributed by atoms with Gasteiger partial charge in [-0.1, -0.05) is 34.1 Å². The van der Waals surface area contributed by atoms with Crippen molar-refractivity contribution in [3.63, 3.8) is 0 Å². The molecule has 1 heterocycles. The van der Waals surface area contributed by atoms with Gasteiger partial charge in [-0.15, -0.1) is 10.2 Å². The summed E-state index contributed by atoms with van der Waals surface area (Å²) in [5.41, 5.74) is 1.04. The zero-order chi connectivity index (χ0) is 15.5. The topological polar surface area (TPSA) is 48.2 Å². The average Bonchev–Trinajstić information content (AvgIpc) is 2.99. The number of ether oxygens (including phenoxy) is 1. The summed E-state index contributed by atoms with van der Waals surface area (Å²) in [5.74, 6) is 0.385. The van der Waals surface area contributed by atoms with E-state index in [1.54, 1.807) is 12.1 Å². The van der Waals surface area contributed by atoms with Crippen LogP contribution in [0.1, 0.15) is 0 Å². The monoisotopic (exact) mass is 366 g/mol. The van der Waals surface area contributed by atoms with Crippen LogP contribution in [0.4, 0.5) is 8.78 Å². The predicted molar refractivity (Wildman–Crippen MR) is 79.5 cm³/mol. The number of halogens is 3. The minimum Gasteiger partial charge on any atom is -0.434 e. The number of hydrogen-bond donors (Lipinski definition) is 0. The molecule has 3 aromatic rings. The van der Waals surface area contributed by atoms with Gasteiger partial charge in [0.05, 0.1) is 5.56 Å². The third-order valence-electron chi connectivity index (χ3n) is 2.83. The van der Waals surface area contributed by atoms with Gasteiger partial charge in [0.2, 0.25) is 5.89 Å². The van der Waals surface area contributed by atoms with Crippen LogP contribution in [0.3, 0.4) is 0 Å². The summed E-state index contributed by atoms with van der Waals surface area (Å²) in [6.45, 7) is -2.93. The second-order valence-corrected chi connectivity index (χ2v) is 5.21. The third-order valence-corrected chi connectivity index (χ3v) is 3.33. The molecule has 7 heteroatoms. The van der Waals surface area contributed by atoms with Gasteiger partial charge in [-0.05, 0) is 30.3 Å². The van der Waals surface area contributed by atoms with Crippen LogP contribution in [0.15, 0.2) is 57.4 Å². The fourth-order valence-corrected chi connectivity index (χ4v) is 2.26. The first-order chi connectivity index (χ1) is 10.6. The molecule has 0 aliphatic heterocycles. The molecular weight excluding hydrogens is 358 g/mol. The van der Waals surface area contributed by atoms with Gasteiger partial charge in [0.15, 0.2) is 0 Å². The number of nitrogens with zero attached hydrogens (tertiary/aromatic N) is 2. The molecule has 0 saturated heterocycles. The van der Waals surface area contributed by atoms with E-state index in [1.165, 1.54) is 6.07 Å². The van der Waals surface area contributed by atoms with Crippen LogP contribution in [0.25, 0.3) is 22.9 Å². The molecule has 4 nitrogen and oxygen atoms in total. The lowest BCUT2D eigenvalue weighted by atomic mass is 10.2. The van der Waals surface area contributed by atoms with Crippen molar-refractivity contribution in [2.24, 2.45) is 0 Å². The standard InChI is InChI=1S/C15H9BrF2N2O2/c16-10-6-7-12(21-15(17)18)11(8-10)14-20-19-13(22-14)9-4-2-1-3-5-9/h1-8,15H. The molecule has 112 valence electrons. The van der Waals surface area contributed by atoms with Gasteiger partial charge < -0.3 is 9.15 Å². The first-order valence-electron chi connectivity index (χ1n) is 6.27. The van der Waals surface area contributed by atoms with Gasteiger partial charge in [0.25, 0.3) is 5.89 Å². The maximum atomic E-state index is 12.5. The first kappa shape index (κ1) is 14.6. The smallest absolute Gasteiger partial charge is 0.387 e. The summed E-state index contributed by atoms with van der Waals surface area (Å²) in [6, 6.07) is 13.8. The van der Waals surface area contributed by atoms with E-state index in [2.05, 4.69) is 30.9 Å². The summed E-state index contributed by atoms with van der Waals surface area (Å²) in [5, 5.41) is 7.85. The van der Waals surface area contributed by atoms with Gasteiger partial charge in [-0.2, -0.15) is 8.78 Å². The zero-order valence-electron chi connectivity index (χ0n) is 11.0. The van der Waals surface area contributed by atoms with Crippen LogP contribution in [-0.4, -0.2) is 16.8 Å². The van der Waals surface area contributed by atoms with Crippen LogP contribution in [0.2, 0.25) is 0 Å². The van der Waals surface area contributed by atoms with Crippen molar-refractivity contribution in [1.29, 1.82) is 0 Å². The van der Waals surface area contributed by atoms with Gasteiger partial charge in [0.1, 0.15) is 5.75 Å². The lowest BCUT2D eigenvalue weighted by molar-refractivity contribution is -0.0495. The van der Waals surface area contributed by atoms with E-state index >= 15 is 0 Å². The molecule has 0 radical (unpaired) electrons. The van der Waals surface area contributed by atoms with E-state index in [9.17, 15) is 8.78 Å². The zero-order valence-corrected chi connectivity index (χ0v) is 12.6. The van der Waals surface area contributed by atoms with Crippen molar-refractivity contribution in [2.75, 3.05) is 0 Å². The maximum absolute atomic E-state index is 12.5. The second-order valence-electron chi connectivity index (χ2n) is 4.30. The minimum atomic E-state index is -2.93. The molecule has 2 aromatic carbocycles. The van der Waals surface area contributed by atoms with E-state index in [1.807, 2.05) is 30.3 Å². The Bertz CT molecular complexity index is 778.